The predicted octanol–water partition coefficient (Wildman–Crippen LogP) is -1.14. The van der Waals surface area contributed by atoms with Crippen molar-refractivity contribution in [2.75, 3.05) is 24.3 Å². The number of hydrogen-bond acceptors (Lipinski definition) is 9. The molecule has 0 aliphatic heterocycles. The first-order valence-corrected chi connectivity index (χ1v) is 13.2. The van der Waals surface area contributed by atoms with Gasteiger partial charge < -0.3 is 26.0 Å². The molecule has 0 spiro atoms. The van der Waals surface area contributed by atoms with Crippen LogP contribution in [0.1, 0.15) is 40.2 Å². The number of benzene rings is 1. The van der Waals surface area contributed by atoms with E-state index in [0.29, 0.717) is 34.1 Å². The number of carbonyl (C=O) groups excluding carboxylic acids is 3. The third-order valence-corrected chi connectivity index (χ3v) is 6.10. The predicted molar refractivity (Wildman–Crippen MR) is 160 cm³/mol. The molecule has 4 N–H and O–H groups in total. The summed E-state index contributed by atoms with van der Waals surface area (Å²) in [6, 6.07) is 10.5. The summed E-state index contributed by atoms with van der Waals surface area (Å²) < 4.78 is 7.20. The molecule has 0 unspecified atom stereocenters. The van der Waals surface area contributed by atoms with Crippen molar-refractivity contribution < 1.29 is 19.1 Å². The minimum absolute atomic E-state index is 0.0333. The summed E-state index contributed by atoms with van der Waals surface area (Å²) in [6.45, 7) is 0.229. The molecular formula is C25H30B3N9O4. The number of carbonyl (C=O) groups is 3. The summed E-state index contributed by atoms with van der Waals surface area (Å²) >= 11 is 0. The van der Waals surface area contributed by atoms with Crippen LogP contribution in [0.15, 0.2) is 30.3 Å². The van der Waals surface area contributed by atoms with Gasteiger partial charge in [-0.05, 0) is 36.3 Å². The molecule has 1 saturated carbocycles. The van der Waals surface area contributed by atoms with Crippen LogP contribution < -0.4 is 26.0 Å². The smallest absolute Gasteiger partial charge is 0.272 e. The van der Waals surface area contributed by atoms with Crippen LogP contribution in [-0.4, -0.2) is 80.1 Å². The van der Waals surface area contributed by atoms with Gasteiger partial charge in [0, 0.05) is 31.1 Å². The summed E-state index contributed by atoms with van der Waals surface area (Å²) in [5, 5.41) is 32.5. The molecule has 3 amide bonds. The zero-order chi connectivity index (χ0) is 29.7. The number of methoxy groups -OCH3 is 1. The van der Waals surface area contributed by atoms with Crippen LogP contribution in [0.4, 0.5) is 17.2 Å². The molecule has 16 heteroatoms. The molecule has 1 aromatic carbocycles. The Morgan fingerprint density at radius 3 is 2.56 bits per heavy atom. The van der Waals surface area contributed by atoms with Crippen LogP contribution in [0, 0.1) is 17.2 Å². The monoisotopic (exact) mass is 553 g/mol. The fourth-order valence-corrected chi connectivity index (χ4v) is 4.03. The van der Waals surface area contributed by atoms with E-state index in [1.54, 1.807) is 37.4 Å². The minimum atomic E-state index is -0.524. The van der Waals surface area contributed by atoms with E-state index in [-0.39, 0.29) is 42.2 Å². The number of aromatic nitrogens is 4. The van der Waals surface area contributed by atoms with E-state index in [2.05, 4.69) is 36.6 Å². The van der Waals surface area contributed by atoms with Gasteiger partial charge in [0.2, 0.25) is 5.91 Å². The lowest BCUT2D eigenvalue weighted by molar-refractivity contribution is -0.117. The average molecular weight is 553 g/mol. The van der Waals surface area contributed by atoms with Crippen LogP contribution in [-0.2, 0) is 11.8 Å². The molecule has 1 aliphatic carbocycles. The molecule has 1 aliphatic rings. The van der Waals surface area contributed by atoms with E-state index in [1.807, 2.05) is 29.6 Å². The number of ether oxygens (including phenoxy) is 1. The van der Waals surface area contributed by atoms with Gasteiger partial charge in [-0.15, -0.1) is 10.2 Å². The zero-order valence-electron chi connectivity index (χ0n) is 23.7. The van der Waals surface area contributed by atoms with Crippen molar-refractivity contribution in [3.63, 3.8) is 0 Å². The van der Waals surface area contributed by atoms with E-state index in [1.165, 1.54) is 11.8 Å². The Bertz CT molecular complexity index is 1530. The maximum absolute atomic E-state index is 13.1. The van der Waals surface area contributed by atoms with E-state index < -0.39 is 11.1 Å². The molecule has 13 nitrogen and oxygen atoms in total. The van der Waals surface area contributed by atoms with Crippen molar-refractivity contribution in [1.29, 1.82) is 5.26 Å². The number of para-hydroxylation sites is 1. The highest BCUT2D eigenvalue weighted by molar-refractivity contribution is 6.60. The Balaban J connectivity index is 1.69. The highest BCUT2D eigenvalue weighted by Gasteiger charge is 2.30. The van der Waals surface area contributed by atoms with Gasteiger partial charge >= 0.3 is 0 Å². The van der Waals surface area contributed by atoms with E-state index in [4.69, 9.17) is 10.00 Å². The molecule has 0 atom stereocenters. The van der Waals surface area contributed by atoms with Crippen molar-refractivity contribution >= 4 is 58.5 Å². The molecule has 0 saturated heterocycles. The van der Waals surface area contributed by atoms with E-state index in [0.717, 1.165) is 12.8 Å². The molecule has 2 heterocycles. The number of amides is 3. The van der Waals surface area contributed by atoms with Gasteiger partial charge in [0.05, 0.1) is 36.7 Å². The van der Waals surface area contributed by atoms with Crippen LogP contribution in [0.25, 0.3) is 11.3 Å². The van der Waals surface area contributed by atoms with Gasteiger partial charge in [-0.2, -0.15) is 10.4 Å². The van der Waals surface area contributed by atoms with Crippen molar-refractivity contribution in [3.8, 4) is 23.1 Å². The summed E-state index contributed by atoms with van der Waals surface area (Å²) in [5.41, 5.74) is 2.22. The highest BCUT2D eigenvalue weighted by atomic mass is 16.5. The zero-order valence-corrected chi connectivity index (χ0v) is 23.7. The first-order chi connectivity index (χ1) is 19.5. The molecule has 0 radical (unpaired) electrons. The van der Waals surface area contributed by atoms with Crippen LogP contribution in [0.3, 0.4) is 0 Å². The third-order valence-electron chi connectivity index (χ3n) is 6.10. The van der Waals surface area contributed by atoms with Gasteiger partial charge in [0.25, 0.3) is 11.8 Å². The van der Waals surface area contributed by atoms with Crippen LogP contribution in [0.2, 0.25) is 0 Å². The molecule has 41 heavy (non-hydrogen) atoms. The summed E-state index contributed by atoms with van der Waals surface area (Å²) in [7, 11) is 8.71. The molecule has 2 aromatic heterocycles. The first kappa shape index (κ1) is 29.2. The number of nitriles is 1. The lowest BCUT2D eigenvalue weighted by Gasteiger charge is -2.22. The molecule has 4 rings (SSSR count). The van der Waals surface area contributed by atoms with Gasteiger partial charge in [0.15, 0.2) is 17.3 Å². The molecule has 3 aromatic rings. The molecular weight excluding hydrogens is 523 g/mol. The Morgan fingerprint density at radius 2 is 1.90 bits per heavy atom. The Hall–Kier alpha value is -4.80. The number of aryl methyl sites for hydroxylation is 1. The van der Waals surface area contributed by atoms with Gasteiger partial charge in [-0.3, -0.25) is 19.1 Å². The third kappa shape index (κ3) is 7.24. The minimum Gasteiger partial charge on any atom is -0.494 e. The summed E-state index contributed by atoms with van der Waals surface area (Å²) in [5.74, 6) is -0.356. The normalized spacial score (nSPS) is 12.6. The number of hydrogen-bond donors (Lipinski definition) is 4. The van der Waals surface area contributed by atoms with Crippen molar-refractivity contribution in [2.24, 2.45) is 13.0 Å². The van der Waals surface area contributed by atoms with Crippen LogP contribution >= 0.6 is 0 Å². The summed E-state index contributed by atoms with van der Waals surface area (Å²) in [4.78, 5) is 38.1. The number of nitrogens with zero attached hydrogens (tertiary/aromatic N) is 5. The second-order valence-corrected chi connectivity index (χ2v) is 10.7. The number of nitrogens with one attached hydrogen (secondary N) is 4. The Kier molecular flexibility index (Phi) is 8.66. The lowest BCUT2D eigenvalue weighted by Crippen LogP contribution is -2.50. The van der Waals surface area contributed by atoms with Crippen molar-refractivity contribution in [2.45, 2.75) is 24.5 Å². The Labute approximate surface area is 240 Å². The molecule has 0 bridgehead atoms. The number of rotatable bonds is 11. The van der Waals surface area contributed by atoms with Crippen molar-refractivity contribution in [1.82, 2.24) is 30.6 Å². The fraction of sp³-hybridized carbons (Fsp3) is 0.320. The average Bonchev–Trinajstić information content (AvgIpc) is 3.69. The van der Waals surface area contributed by atoms with Gasteiger partial charge in [0.1, 0.15) is 29.2 Å². The first-order valence-electron chi connectivity index (χ1n) is 13.2. The van der Waals surface area contributed by atoms with Gasteiger partial charge in [-0.25, -0.2) is 0 Å². The van der Waals surface area contributed by atoms with Gasteiger partial charge in [-0.1, -0.05) is 6.07 Å². The second-order valence-electron chi connectivity index (χ2n) is 10.7. The molecule has 1 fully saturated rings. The standard InChI is InChI=1S/C25H30B3N9O4/c1-37-18(23(39)30-10-4-9-29)11-16(36-37)14-5-3-6-15(21(14)41-2)31-17-12-19(32-22(38)13-7-8-13)34-35-20(17)24(40)33-25(26,27)28/h3,5-6,11-13H,4,7-8,10,26-28H2,1-2H3,(H,30,39)(H,33,40)(H2,31,32,34,38). The topological polar surface area (TPSA) is 176 Å². The summed E-state index contributed by atoms with van der Waals surface area (Å²) in [6.07, 6.45) is 1.86. The second kappa shape index (κ2) is 12.2. The maximum Gasteiger partial charge on any atom is 0.272 e. The van der Waals surface area contributed by atoms with Crippen LogP contribution in [0.5, 0.6) is 5.75 Å². The lowest BCUT2D eigenvalue weighted by atomic mass is 9.49. The van der Waals surface area contributed by atoms with Crippen molar-refractivity contribution in [3.05, 3.63) is 41.7 Å². The maximum atomic E-state index is 13.1. The highest BCUT2D eigenvalue weighted by Crippen LogP contribution is 2.38. The Morgan fingerprint density at radius 1 is 1.15 bits per heavy atom. The SMILES string of the molecule is BC(B)(B)NC(=O)c1nnc(NC(=O)C2CC2)cc1Nc1cccc(-c2cc(C(=O)NCCC#N)n(C)n2)c1OC. The molecule has 208 valence electrons. The quantitative estimate of drug-likeness (QED) is 0.169. The number of anilines is 3. The largest absolute Gasteiger partial charge is 0.494 e. The van der Waals surface area contributed by atoms with E-state index in [9.17, 15) is 14.4 Å². The van der Waals surface area contributed by atoms with E-state index >= 15 is 0 Å². The fourth-order valence-electron chi connectivity index (χ4n) is 4.03.